The second-order valence-corrected chi connectivity index (χ2v) is 8.08. The second-order valence-electron chi connectivity index (χ2n) is 8.08. The fourth-order valence-corrected chi connectivity index (χ4v) is 5.25. The lowest BCUT2D eigenvalue weighted by molar-refractivity contribution is 0.148. The predicted octanol–water partition coefficient (Wildman–Crippen LogP) is 3.12. The number of nitrogens with zero attached hydrogens (tertiary/aromatic N) is 1. The number of hydrogen-bond acceptors (Lipinski definition) is 3. The number of ether oxygens (including phenoxy) is 1. The number of hydrogen-bond donors (Lipinski definition) is 1. The summed E-state index contributed by atoms with van der Waals surface area (Å²) in [5.74, 6) is 5.17. The molecule has 4 aliphatic rings. The molecule has 3 nitrogen and oxygen atoms in total. The van der Waals surface area contributed by atoms with E-state index in [1.165, 1.54) is 19.3 Å². The molecule has 8 atom stereocenters. The number of nitrogens with one attached hydrogen (secondary N) is 1. The molecular weight excluding hydrogens is 272 g/mol. The van der Waals surface area contributed by atoms with Crippen molar-refractivity contribution in [2.24, 2.45) is 46.4 Å². The summed E-state index contributed by atoms with van der Waals surface area (Å²) < 4.78 is 5.65. The molecule has 0 saturated carbocycles. The Balaban J connectivity index is 1.49. The number of allylic oxidation sites excluding steroid dienone is 2. The summed E-state index contributed by atoms with van der Waals surface area (Å²) in [5.41, 5.74) is 0. The van der Waals surface area contributed by atoms with Gasteiger partial charge in [0.1, 0.15) is 6.17 Å². The van der Waals surface area contributed by atoms with E-state index in [1.807, 2.05) is 0 Å². The van der Waals surface area contributed by atoms with Crippen LogP contribution in [0.5, 0.6) is 0 Å². The van der Waals surface area contributed by atoms with Gasteiger partial charge in [0.25, 0.3) is 0 Å². The normalized spacial score (nSPS) is 51.2. The van der Waals surface area contributed by atoms with Gasteiger partial charge >= 0.3 is 0 Å². The van der Waals surface area contributed by atoms with Crippen molar-refractivity contribution in [3.8, 4) is 0 Å². The Labute approximate surface area is 134 Å². The monoisotopic (exact) mass is 302 g/mol. The number of aliphatic imine (C=N–C) groups is 1. The summed E-state index contributed by atoms with van der Waals surface area (Å²) in [6.45, 7) is 7.92. The molecule has 3 heterocycles. The first-order chi connectivity index (χ1) is 10.7. The van der Waals surface area contributed by atoms with Gasteiger partial charge in [0.15, 0.2) is 0 Å². The molecule has 0 aromatic carbocycles. The van der Waals surface area contributed by atoms with Gasteiger partial charge < -0.3 is 4.74 Å². The van der Waals surface area contributed by atoms with E-state index in [0.29, 0.717) is 18.0 Å². The van der Waals surface area contributed by atoms with E-state index in [-0.39, 0.29) is 0 Å². The van der Waals surface area contributed by atoms with E-state index >= 15 is 0 Å². The fraction of sp³-hybridized carbons (Fsp3) is 0.842. The van der Waals surface area contributed by atoms with E-state index in [1.54, 1.807) is 0 Å². The first-order valence-corrected chi connectivity index (χ1v) is 9.25. The van der Waals surface area contributed by atoms with Gasteiger partial charge in [0, 0.05) is 31.9 Å². The van der Waals surface area contributed by atoms with E-state index in [9.17, 15) is 0 Å². The first-order valence-electron chi connectivity index (χ1n) is 9.25. The SMILES string of the molecule is CC1CC=CC(C2C=NC3NCC(C4CCOC4)C3C2)C1C. The maximum Gasteiger partial charge on any atom is 0.102 e. The van der Waals surface area contributed by atoms with Crippen LogP contribution >= 0.6 is 0 Å². The van der Waals surface area contributed by atoms with Crippen LogP contribution in [0.1, 0.15) is 33.1 Å². The van der Waals surface area contributed by atoms with Crippen LogP contribution in [-0.2, 0) is 4.74 Å². The van der Waals surface area contributed by atoms with Crippen LogP contribution in [0.4, 0.5) is 0 Å². The third-order valence-electron chi connectivity index (χ3n) is 6.94. The standard InChI is InChI=1S/C19H30N2O/c1-12-4-3-5-16(13(12)2)15-8-17-18(14-6-7-22-11-14)10-21-19(17)20-9-15/h3,5,9,12-19,21H,4,6-8,10-11H2,1-2H3. The molecule has 0 aromatic rings. The summed E-state index contributed by atoms with van der Waals surface area (Å²) >= 11 is 0. The van der Waals surface area contributed by atoms with Crippen LogP contribution < -0.4 is 5.32 Å². The molecule has 3 heteroatoms. The van der Waals surface area contributed by atoms with Gasteiger partial charge in [-0.3, -0.25) is 10.3 Å². The minimum atomic E-state index is 0.377. The Kier molecular flexibility index (Phi) is 4.12. The van der Waals surface area contributed by atoms with Crippen molar-refractivity contribution in [1.82, 2.24) is 5.32 Å². The van der Waals surface area contributed by atoms with Crippen molar-refractivity contribution in [3.63, 3.8) is 0 Å². The molecule has 4 rings (SSSR count). The molecule has 0 spiro atoms. The Morgan fingerprint density at radius 3 is 2.95 bits per heavy atom. The van der Waals surface area contributed by atoms with Crippen molar-refractivity contribution < 1.29 is 4.74 Å². The maximum absolute atomic E-state index is 5.65. The van der Waals surface area contributed by atoms with Crippen molar-refractivity contribution in [1.29, 1.82) is 0 Å². The zero-order valence-corrected chi connectivity index (χ0v) is 13.9. The van der Waals surface area contributed by atoms with Crippen LogP contribution in [0.15, 0.2) is 17.1 Å². The lowest BCUT2D eigenvalue weighted by atomic mass is 9.67. The third kappa shape index (κ3) is 2.56. The largest absolute Gasteiger partial charge is 0.381 e. The molecular formula is C19H30N2O. The van der Waals surface area contributed by atoms with Gasteiger partial charge in [-0.05, 0) is 54.8 Å². The molecule has 0 bridgehead atoms. The molecule has 1 aliphatic carbocycles. The van der Waals surface area contributed by atoms with E-state index in [0.717, 1.165) is 49.3 Å². The average molecular weight is 302 g/mol. The first kappa shape index (κ1) is 14.9. The van der Waals surface area contributed by atoms with Gasteiger partial charge in [-0.25, -0.2) is 0 Å². The lowest BCUT2D eigenvalue weighted by Crippen LogP contribution is -2.38. The van der Waals surface area contributed by atoms with Crippen molar-refractivity contribution in [3.05, 3.63) is 12.2 Å². The highest BCUT2D eigenvalue weighted by Crippen LogP contribution is 2.43. The fourth-order valence-electron chi connectivity index (χ4n) is 5.25. The summed E-state index contributed by atoms with van der Waals surface area (Å²) in [7, 11) is 0. The van der Waals surface area contributed by atoms with Crippen LogP contribution in [-0.4, -0.2) is 32.1 Å². The van der Waals surface area contributed by atoms with E-state index in [4.69, 9.17) is 9.73 Å². The number of rotatable bonds is 2. The zero-order chi connectivity index (χ0) is 15.1. The van der Waals surface area contributed by atoms with Crippen LogP contribution in [0.25, 0.3) is 0 Å². The van der Waals surface area contributed by atoms with E-state index in [2.05, 4.69) is 37.5 Å². The van der Waals surface area contributed by atoms with Crippen molar-refractivity contribution in [2.45, 2.75) is 39.3 Å². The highest BCUT2D eigenvalue weighted by atomic mass is 16.5. The summed E-state index contributed by atoms with van der Waals surface area (Å²) in [6.07, 6.45) is 11.4. The van der Waals surface area contributed by atoms with Gasteiger partial charge in [-0.1, -0.05) is 26.0 Å². The van der Waals surface area contributed by atoms with Gasteiger partial charge in [-0.2, -0.15) is 0 Å². The van der Waals surface area contributed by atoms with Gasteiger partial charge in [0.05, 0.1) is 0 Å². The third-order valence-corrected chi connectivity index (χ3v) is 6.94. The predicted molar refractivity (Wildman–Crippen MR) is 89.9 cm³/mol. The Morgan fingerprint density at radius 1 is 1.23 bits per heavy atom. The Morgan fingerprint density at radius 2 is 2.14 bits per heavy atom. The summed E-state index contributed by atoms with van der Waals surface area (Å²) in [4.78, 5) is 4.92. The Bertz CT molecular complexity index is 454. The van der Waals surface area contributed by atoms with Crippen LogP contribution in [0.3, 0.4) is 0 Å². The van der Waals surface area contributed by atoms with Crippen LogP contribution in [0.2, 0.25) is 0 Å². The molecule has 8 unspecified atom stereocenters. The molecule has 1 N–H and O–H groups in total. The quantitative estimate of drug-likeness (QED) is 0.795. The zero-order valence-electron chi connectivity index (χ0n) is 13.9. The number of fused-ring (bicyclic) bond motifs is 1. The van der Waals surface area contributed by atoms with E-state index < -0.39 is 0 Å². The minimum Gasteiger partial charge on any atom is -0.381 e. The Hall–Kier alpha value is -0.670. The molecule has 0 radical (unpaired) electrons. The minimum absolute atomic E-state index is 0.377. The van der Waals surface area contributed by atoms with Crippen molar-refractivity contribution >= 4 is 6.21 Å². The second kappa shape index (κ2) is 6.09. The highest BCUT2D eigenvalue weighted by molar-refractivity contribution is 5.63. The molecule has 3 aliphatic heterocycles. The summed E-state index contributed by atoms with van der Waals surface area (Å²) in [6, 6.07) is 0. The lowest BCUT2D eigenvalue weighted by Gasteiger charge is -2.39. The smallest absolute Gasteiger partial charge is 0.102 e. The van der Waals surface area contributed by atoms with Gasteiger partial charge in [-0.15, -0.1) is 0 Å². The molecule has 2 fully saturated rings. The molecule has 2 saturated heterocycles. The maximum atomic E-state index is 5.65. The summed E-state index contributed by atoms with van der Waals surface area (Å²) in [5, 5.41) is 3.66. The molecule has 0 aromatic heterocycles. The highest BCUT2D eigenvalue weighted by Gasteiger charge is 2.45. The average Bonchev–Trinajstić information content (AvgIpc) is 3.18. The molecule has 0 amide bonds. The topological polar surface area (TPSA) is 33.6 Å². The van der Waals surface area contributed by atoms with Crippen molar-refractivity contribution in [2.75, 3.05) is 19.8 Å². The van der Waals surface area contributed by atoms with Gasteiger partial charge in [0.2, 0.25) is 0 Å². The molecule has 122 valence electrons. The molecule has 22 heavy (non-hydrogen) atoms. The van der Waals surface area contributed by atoms with Crippen LogP contribution in [0, 0.1) is 41.4 Å².